The highest BCUT2D eigenvalue weighted by molar-refractivity contribution is 5.79. The van der Waals surface area contributed by atoms with Crippen molar-refractivity contribution in [3.63, 3.8) is 0 Å². The van der Waals surface area contributed by atoms with Crippen LogP contribution >= 0.6 is 0 Å². The molecule has 1 N–H and O–H groups in total. The van der Waals surface area contributed by atoms with E-state index in [0.29, 0.717) is 18.5 Å². The smallest absolute Gasteiger partial charge is 0.410 e. The average Bonchev–Trinajstić information content (AvgIpc) is 2.59. The first-order valence-corrected chi connectivity index (χ1v) is 11.4. The van der Waals surface area contributed by atoms with Crippen molar-refractivity contribution < 1.29 is 14.3 Å². The van der Waals surface area contributed by atoms with Gasteiger partial charge >= 0.3 is 6.09 Å². The van der Waals surface area contributed by atoms with Gasteiger partial charge in [0.25, 0.3) is 0 Å². The van der Waals surface area contributed by atoms with E-state index in [0.717, 1.165) is 30.6 Å². The predicted molar refractivity (Wildman–Crippen MR) is 109 cm³/mol. The molecule has 1 unspecified atom stereocenters. The number of hydrogen-bond donors (Lipinski definition) is 1. The van der Waals surface area contributed by atoms with Crippen LogP contribution in [0.1, 0.15) is 79.1 Å². The van der Waals surface area contributed by atoms with Gasteiger partial charge < -0.3 is 15.0 Å². The number of nitrogens with one attached hydrogen (secondary N) is 1. The summed E-state index contributed by atoms with van der Waals surface area (Å²) in [7, 11) is 0. The quantitative estimate of drug-likeness (QED) is 0.779. The van der Waals surface area contributed by atoms with Gasteiger partial charge in [-0.1, -0.05) is 0 Å². The maximum atomic E-state index is 13.0. The summed E-state index contributed by atoms with van der Waals surface area (Å²) in [6, 6.07) is 0.275. The third-order valence-corrected chi connectivity index (χ3v) is 7.88. The summed E-state index contributed by atoms with van der Waals surface area (Å²) < 4.78 is 5.46. The molecule has 0 spiro atoms. The van der Waals surface area contributed by atoms with Crippen molar-refractivity contribution in [3.05, 3.63) is 0 Å². The summed E-state index contributed by atoms with van der Waals surface area (Å²) in [4.78, 5) is 26.9. The Labute approximate surface area is 169 Å². The molecule has 0 radical (unpaired) electrons. The number of likely N-dealkylation sites (tertiary alicyclic amines) is 1. The predicted octanol–water partition coefficient (Wildman–Crippen LogP) is 4.35. The molecule has 158 valence electrons. The first kappa shape index (κ1) is 20.0. The molecular formula is C23H38N2O3. The lowest BCUT2D eigenvalue weighted by Crippen LogP contribution is -2.57. The van der Waals surface area contributed by atoms with Gasteiger partial charge in [0.05, 0.1) is 0 Å². The van der Waals surface area contributed by atoms with Gasteiger partial charge in [0.15, 0.2) is 0 Å². The maximum absolute atomic E-state index is 13.0. The molecule has 28 heavy (non-hydrogen) atoms. The summed E-state index contributed by atoms with van der Waals surface area (Å²) in [5.41, 5.74) is -0.125. The number of carbonyl (C=O) groups excluding carboxylic acids is 2. The van der Waals surface area contributed by atoms with Gasteiger partial charge in [-0.05, 0) is 102 Å². The highest BCUT2D eigenvalue weighted by atomic mass is 16.6. The average molecular weight is 391 g/mol. The van der Waals surface area contributed by atoms with Gasteiger partial charge in [0.2, 0.25) is 5.91 Å². The van der Waals surface area contributed by atoms with Gasteiger partial charge in [-0.15, -0.1) is 0 Å². The second-order valence-electron chi connectivity index (χ2n) is 11.3. The highest BCUT2D eigenvalue weighted by Gasteiger charge is 2.53. The van der Waals surface area contributed by atoms with Crippen molar-refractivity contribution >= 4 is 12.0 Å². The number of rotatable bonds is 3. The van der Waals surface area contributed by atoms with Gasteiger partial charge in [-0.25, -0.2) is 4.79 Å². The number of ether oxygens (including phenoxy) is 1. The van der Waals surface area contributed by atoms with Gasteiger partial charge in [0, 0.05) is 25.0 Å². The molecule has 1 saturated heterocycles. The molecule has 4 aliphatic carbocycles. The van der Waals surface area contributed by atoms with Gasteiger partial charge in [-0.3, -0.25) is 4.79 Å². The van der Waals surface area contributed by atoms with Crippen LogP contribution in [-0.4, -0.2) is 41.6 Å². The maximum Gasteiger partial charge on any atom is 0.410 e. The zero-order chi connectivity index (χ0) is 20.1. The summed E-state index contributed by atoms with van der Waals surface area (Å²) in [6.45, 7) is 9.13. The van der Waals surface area contributed by atoms with Crippen molar-refractivity contribution in [2.45, 2.75) is 90.7 Å². The van der Waals surface area contributed by atoms with Crippen LogP contribution in [0, 0.1) is 29.1 Å². The van der Waals surface area contributed by atoms with E-state index in [4.69, 9.17) is 4.74 Å². The van der Waals surface area contributed by atoms with Crippen LogP contribution in [0.3, 0.4) is 0 Å². The molecule has 1 atom stereocenters. The molecule has 5 aliphatic rings. The topological polar surface area (TPSA) is 58.6 Å². The Kier molecular flexibility index (Phi) is 5.16. The largest absolute Gasteiger partial charge is 0.444 e. The van der Waals surface area contributed by atoms with Crippen LogP contribution < -0.4 is 5.32 Å². The van der Waals surface area contributed by atoms with Crippen LogP contribution in [-0.2, 0) is 9.53 Å². The van der Waals surface area contributed by atoms with E-state index in [1.165, 1.54) is 38.5 Å². The standard InChI is InChI=1S/C23H38N2O3/c1-15(23-12-16-9-17(13-23)11-18(10-16)14-23)24-20(26)19-5-7-25(8-6-19)21(27)28-22(2,3)4/h15-19H,5-14H2,1-4H3,(H,24,26). The monoisotopic (exact) mass is 390 g/mol. The number of piperidine rings is 1. The molecule has 5 heteroatoms. The third-order valence-electron chi connectivity index (χ3n) is 7.88. The zero-order valence-electron chi connectivity index (χ0n) is 18.1. The fourth-order valence-corrected chi connectivity index (χ4v) is 6.84. The Hall–Kier alpha value is -1.26. The molecule has 2 amide bonds. The second kappa shape index (κ2) is 7.21. The fourth-order valence-electron chi connectivity index (χ4n) is 6.84. The highest BCUT2D eigenvalue weighted by Crippen LogP contribution is 2.61. The van der Waals surface area contributed by atoms with Crippen molar-refractivity contribution in [2.75, 3.05) is 13.1 Å². The molecule has 0 aromatic heterocycles. The zero-order valence-corrected chi connectivity index (χ0v) is 18.1. The molecule has 4 bridgehead atoms. The number of nitrogens with zero attached hydrogens (tertiary/aromatic N) is 1. The fraction of sp³-hybridized carbons (Fsp3) is 0.913. The SMILES string of the molecule is CC(NC(=O)C1CCN(C(=O)OC(C)(C)C)CC1)C12CC3CC(CC(C3)C1)C2. The van der Waals surface area contributed by atoms with E-state index in [1.807, 2.05) is 20.8 Å². The van der Waals surface area contributed by atoms with Crippen molar-refractivity contribution in [3.8, 4) is 0 Å². The first-order chi connectivity index (χ1) is 13.1. The molecule has 5 rings (SSSR count). The minimum Gasteiger partial charge on any atom is -0.444 e. The molecule has 0 aromatic carbocycles. The number of hydrogen-bond acceptors (Lipinski definition) is 3. The lowest BCUT2D eigenvalue weighted by Gasteiger charge is -2.59. The molecule has 1 heterocycles. The van der Waals surface area contributed by atoms with Crippen LogP contribution in [0.25, 0.3) is 0 Å². The van der Waals surface area contributed by atoms with Crippen LogP contribution in [0.4, 0.5) is 4.79 Å². The van der Waals surface area contributed by atoms with Crippen molar-refractivity contribution in [1.29, 1.82) is 0 Å². The van der Waals surface area contributed by atoms with Crippen molar-refractivity contribution in [1.82, 2.24) is 10.2 Å². The Morgan fingerprint density at radius 3 is 1.96 bits per heavy atom. The minimum atomic E-state index is -0.474. The summed E-state index contributed by atoms with van der Waals surface area (Å²) in [6.07, 6.45) is 9.47. The molecule has 0 aromatic rings. The Balaban J connectivity index is 1.29. The van der Waals surface area contributed by atoms with Crippen LogP contribution in [0.5, 0.6) is 0 Å². The van der Waals surface area contributed by atoms with E-state index < -0.39 is 5.60 Å². The second-order valence-corrected chi connectivity index (χ2v) is 11.3. The lowest BCUT2D eigenvalue weighted by atomic mass is 9.48. The Morgan fingerprint density at radius 1 is 1.00 bits per heavy atom. The molecule has 5 fully saturated rings. The van der Waals surface area contributed by atoms with E-state index >= 15 is 0 Å². The van der Waals surface area contributed by atoms with Gasteiger partial charge in [-0.2, -0.15) is 0 Å². The van der Waals surface area contributed by atoms with Crippen LogP contribution in [0.2, 0.25) is 0 Å². The normalized spacial score (nSPS) is 36.3. The number of amides is 2. The Morgan fingerprint density at radius 2 is 1.50 bits per heavy atom. The van der Waals surface area contributed by atoms with Crippen LogP contribution in [0.15, 0.2) is 0 Å². The van der Waals surface area contributed by atoms with E-state index in [1.54, 1.807) is 4.90 Å². The lowest BCUT2D eigenvalue weighted by molar-refractivity contribution is -0.131. The summed E-state index contributed by atoms with van der Waals surface area (Å²) >= 11 is 0. The van der Waals surface area contributed by atoms with Crippen molar-refractivity contribution in [2.24, 2.45) is 29.1 Å². The molecule has 1 aliphatic heterocycles. The van der Waals surface area contributed by atoms with E-state index in [2.05, 4.69) is 12.2 Å². The number of carbonyl (C=O) groups is 2. The minimum absolute atomic E-state index is 0.0232. The van der Waals surface area contributed by atoms with E-state index in [9.17, 15) is 9.59 Å². The first-order valence-electron chi connectivity index (χ1n) is 11.4. The Bertz CT molecular complexity index is 581. The summed E-state index contributed by atoms with van der Waals surface area (Å²) in [5, 5.41) is 3.42. The van der Waals surface area contributed by atoms with Gasteiger partial charge in [0.1, 0.15) is 5.60 Å². The third kappa shape index (κ3) is 4.04. The van der Waals surface area contributed by atoms with E-state index in [-0.39, 0.29) is 24.0 Å². The molecule has 4 saturated carbocycles. The summed E-state index contributed by atoms with van der Waals surface area (Å²) in [5.74, 6) is 2.94. The molecular weight excluding hydrogens is 352 g/mol. The molecule has 5 nitrogen and oxygen atoms in total.